The molecule has 0 saturated carbocycles. The third-order valence-electron chi connectivity index (χ3n) is 2.99. The van der Waals surface area contributed by atoms with E-state index in [1.54, 1.807) is 0 Å². The average molecular weight is 265 g/mol. The maximum absolute atomic E-state index is 5.93. The Balaban J connectivity index is 0.000000741. The van der Waals surface area contributed by atoms with Crippen LogP contribution in [0, 0.1) is 6.92 Å². The molecule has 0 spiro atoms. The maximum Gasteiger partial charge on any atom is 0.119 e. The van der Waals surface area contributed by atoms with Gasteiger partial charge in [-0.25, -0.2) is 0 Å². The van der Waals surface area contributed by atoms with Gasteiger partial charge in [-0.05, 0) is 38.9 Å². The third kappa shape index (κ3) is 7.22. The van der Waals surface area contributed by atoms with E-state index in [-0.39, 0.29) is 0 Å². The number of likely N-dealkylation sites (tertiary alicyclic amines) is 1. The number of piperidine rings is 1. The van der Waals surface area contributed by atoms with Gasteiger partial charge in [0.05, 0.1) is 0 Å². The highest BCUT2D eigenvalue weighted by atomic mass is 16.5. The summed E-state index contributed by atoms with van der Waals surface area (Å²) in [4.78, 5) is 2.36. The quantitative estimate of drug-likeness (QED) is 0.779. The number of rotatable bonds is 2. The lowest BCUT2D eigenvalue weighted by atomic mass is 10.1. The Kier molecular flexibility index (Phi) is 10.3. The van der Waals surface area contributed by atoms with Crippen molar-refractivity contribution in [1.29, 1.82) is 0 Å². The zero-order chi connectivity index (χ0) is 14.7. The molecule has 0 aliphatic carbocycles. The number of ether oxygens (including phenoxy) is 1. The summed E-state index contributed by atoms with van der Waals surface area (Å²) in [5.41, 5.74) is 1.28. The lowest BCUT2D eigenvalue weighted by Crippen LogP contribution is -2.35. The van der Waals surface area contributed by atoms with E-state index in [2.05, 4.69) is 43.1 Å². The molecule has 1 heterocycles. The second-order valence-corrected chi connectivity index (χ2v) is 4.43. The van der Waals surface area contributed by atoms with Crippen molar-refractivity contribution in [1.82, 2.24) is 4.90 Å². The van der Waals surface area contributed by atoms with E-state index in [4.69, 9.17) is 4.74 Å². The van der Waals surface area contributed by atoms with Gasteiger partial charge in [-0.15, -0.1) is 0 Å². The zero-order valence-electron chi connectivity index (χ0n) is 13.6. The first-order valence-electron chi connectivity index (χ1n) is 7.66. The first kappa shape index (κ1) is 18.0. The van der Waals surface area contributed by atoms with Crippen LogP contribution in [0.5, 0.6) is 5.75 Å². The molecule has 2 nitrogen and oxygen atoms in total. The van der Waals surface area contributed by atoms with Gasteiger partial charge in [0, 0.05) is 13.1 Å². The molecular weight excluding hydrogens is 234 g/mol. The second kappa shape index (κ2) is 10.9. The Morgan fingerprint density at radius 1 is 0.947 bits per heavy atom. The minimum atomic E-state index is 0.406. The smallest absolute Gasteiger partial charge is 0.119 e. The third-order valence-corrected chi connectivity index (χ3v) is 2.99. The number of hydrogen-bond donors (Lipinski definition) is 0. The lowest BCUT2D eigenvalue weighted by molar-refractivity contribution is 0.114. The van der Waals surface area contributed by atoms with Crippen molar-refractivity contribution >= 4 is 0 Å². The van der Waals surface area contributed by atoms with Crippen LogP contribution in [0.4, 0.5) is 0 Å². The Morgan fingerprint density at radius 3 is 1.89 bits per heavy atom. The highest BCUT2D eigenvalue weighted by molar-refractivity contribution is 5.26. The Morgan fingerprint density at radius 2 is 1.42 bits per heavy atom. The molecule has 0 unspecified atom stereocenters. The number of hydrogen-bond acceptors (Lipinski definition) is 2. The van der Waals surface area contributed by atoms with Crippen LogP contribution in [0.3, 0.4) is 0 Å². The van der Waals surface area contributed by atoms with Crippen LogP contribution in [-0.4, -0.2) is 31.1 Å². The van der Waals surface area contributed by atoms with Crippen LogP contribution in [0.2, 0.25) is 0 Å². The molecule has 2 heteroatoms. The highest BCUT2D eigenvalue weighted by Gasteiger charge is 2.17. The van der Waals surface area contributed by atoms with Gasteiger partial charge in [0.25, 0.3) is 0 Å². The Labute approximate surface area is 119 Å². The van der Waals surface area contributed by atoms with E-state index < -0.39 is 0 Å². The molecule has 19 heavy (non-hydrogen) atoms. The van der Waals surface area contributed by atoms with Gasteiger partial charge >= 0.3 is 0 Å². The average Bonchev–Trinajstić information content (AvgIpc) is 2.48. The Hall–Kier alpha value is -1.02. The number of nitrogens with zero attached hydrogens (tertiary/aromatic N) is 1. The van der Waals surface area contributed by atoms with Crippen molar-refractivity contribution in [3.05, 3.63) is 29.8 Å². The zero-order valence-corrected chi connectivity index (χ0v) is 13.6. The predicted octanol–water partition coefficient (Wildman–Crippen LogP) is 4.52. The van der Waals surface area contributed by atoms with E-state index >= 15 is 0 Å². The summed E-state index contributed by atoms with van der Waals surface area (Å²) in [5, 5.41) is 0. The predicted molar refractivity (Wildman–Crippen MR) is 85.0 cm³/mol. The summed E-state index contributed by atoms with van der Waals surface area (Å²) in [6.45, 7) is 12.4. The molecule has 1 aliphatic rings. The highest BCUT2D eigenvalue weighted by Crippen LogP contribution is 2.18. The number of aryl methyl sites for hydroxylation is 1. The van der Waals surface area contributed by atoms with Crippen molar-refractivity contribution in [2.45, 2.75) is 53.6 Å². The summed E-state index contributed by atoms with van der Waals surface area (Å²) in [6.07, 6.45) is 2.69. The SMILES string of the molecule is CC.CC.Cc1ccc(OC2CCN(C)CC2)cc1. The first-order chi connectivity index (χ1) is 9.24. The molecule has 0 bridgehead atoms. The summed E-state index contributed by atoms with van der Waals surface area (Å²) in [5.74, 6) is 1.01. The molecule has 2 rings (SSSR count). The molecular formula is C17H31NO. The molecule has 1 saturated heterocycles. The van der Waals surface area contributed by atoms with Gasteiger partial charge in [-0.1, -0.05) is 45.4 Å². The topological polar surface area (TPSA) is 12.5 Å². The summed E-state index contributed by atoms with van der Waals surface area (Å²) < 4.78 is 5.93. The van der Waals surface area contributed by atoms with Crippen LogP contribution in [0.15, 0.2) is 24.3 Å². The van der Waals surface area contributed by atoms with Crippen LogP contribution >= 0.6 is 0 Å². The number of benzene rings is 1. The van der Waals surface area contributed by atoms with Gasteiger partial charge < -0.3 is 9.64 Å². The fourth-order valence-electron chi connectivity index (χ4n) is 1.91. The van der Waals surface area contributed by atoms with Gasteiger partial charge in [-0.2, -0.15) is 0 Å². The van der Waals surface area contributed by atoms with E-state index in [9.17, 15) is 0 Å². The van der Waals surface area contributed by atoms with Crippen molar-refractivity contribution in [2.75, 3.05) is 20.1 Å². The summed E-state index contributed by atoms with van der Waals surface area (Å²) >= 11 is 0. The van der Waals surface area contributed by atoms with Gasteiger partial charge in [0.2, 0.25) is 0 Å². The molecule has 0 aromatic heterocycles. The van der Waals surface area contributed by atoms with Crippen molar-refractivity contribution in [3.8, 4) is 5.75 Å². The standard InChI is InChI=1S/C13H19NO.2C2H6/c1-11-3-5-12(6-4-11)15-13-7-9-14(2)10-8-13;2*1-2/h3-6,13H,7-10H2,1-2H3;2*1-2H3. The molecule has 1 fully saturated rings. The van der Waals surface area contributed by atoms with E-state index in [1.807, 2.05) is 27.7 Å². The normalized spacial score (nSPS) is 15.7. The molecule has 1 aromatic rings. The lowest BCUT2D eigenvalue weighted by Gasteiger charge is -2.29. The fraction of sp³-hybridized carbons (Fsp3) is 0.647. The van der Waals surface area contributed by atoms with Crippen molar-refractivity contribution in [3.63, 3.8) is 0 Å². The molecule has 0 radical (unpaired) electrons. The molecule has 1 aliphatic heterocycles. The van der Waals surface area contributed by atoms with Gasteiger partial charge in [0.15, 0.2) is 0 Å². The summed E-state index contributed by atoms with van der Waals surface area (Å²) in [7, 11) is 2.17. The molecule has 0 amide bonds. The molecule has 110 valence electrons. The van der Waals surface area contributed by atoms with Crippen LogP contribution in [-0.2, 0) is 0 Å². The fourth-order valence-corrected chi connectivity index (χ4v) is 1.91. The van der Waals surface area contributed by atoms with Gasteiger partial charge in [-0.3, -0.25) is 0 Å². The van der Waals surface area contributed by atoms with Crippen LogP contribution in [0.25, 0.3) is 0 Å². The summed E-state index contributed by atoms with van der Waals surface area (Å²) in [6, 6.07) is 8.33. The second-order valence-electron chi connectivity index (χ2n) is 4.43. The monoisotopic (exact) mass is 265 g/mol. The van der Waals surface area contributed by atoms with Crippen molar-refractivity contribution in [2.24, 2.45) is 0 Å². The van der Waals surface area contributed by atoms with Crippen LogP contribution in [0.1, 0.15) is 46.1 Å². The van der Waals surface area contributed by atoms with E-state index in [0.29, 0.717) is 6.10 Å². The van der Waals surface area contributed by atoms with Crippen LogP contribution < -0.4 is 4.74 Å². The largest absolute Gasteiger partial charge is 0.490 e. The van der Waals surface area contributed by atoms with E-state index in [1.165, 1.54) is 5.56 Å². The Bertz CT molecular complexity index is 300. The molecule has 0 atom stereocenters. The van der Waals surface area contributed by atoms with E-state index in [0.717, 1.165) is 31.7 Å². The minimum absolute atomic E-state index is 0.406. The first-order valence-corrected chi connectivity index (χ1v) is 7.66. The molecule has 1 aromatic carbocycles. The minimum Gasteiger partial charge on any atom is -0.490 e. The van der Waals surface area contributed by atoms with Gasteiger partial charge in [0.1, 0.15) is 11.9 Å². The van der Waals surface area contributed by atoms with Crippen molar-refractivity contribution < 1.29 is 4.74 Å². The molecule has 0 N–H and O–H groups in total. The maximum atomic E-state index is 5.93.